The second kappa shape index (κ2) is 7.65. The number of hydrogen-bond acceptors (Lipinski definition) is 4. The number of carbonyl (C=O) groups is 1. The minimum Gasteiger partial charge on any atom is -0.462 e. The first-order chi connectivity index (χ1) is 8.89. The van der Waals surface area contributed by atoms with Crippen LogP contribution in [-0.2, 0) is 25.2 Å². The van der Waals surface area contributed by atoms with Crippen molar-refractivity contribution in [2.24, 2.45) is 0 Å². The maximum absolute atomic E-state index is 11.8. The number of nitrogens with one attached hydrogen (secondary N) is 1. The zero-order chi connectivity index (χ0) is 14.3. The summed E-state index contributed by atoms with van der Waals surface area (Å²) in [5.74, 6) is -0.529. The van der Waals surface area contributed by atoms with Crippen molar-refractivity contribution >= 4 is 24.1 Å². The van der Waals surface area contributed by atoms with Gasteiger partial charge in [0.25, 0.3) is 0 Å². The zero-order valence-corrected chi connectivity index (χ0v) is 12.5. The molecule has 0 fully saturated rings. The molecular formula is C12H17ClNO4P. The molecule has 1 rings (SSSR count). The van der Waals surface area contributed by atoms with Crippen molar-refractivity contribution in [1.82, 2.24) is 5.09 Å². The van der Waals surface area contributed by atoms with Gasteiger partial charge in [0, 0.05) is 0 Å². The van der Waals surface area contributed by atoms with Crippen LogP contribution in [0.4, 0.5) is 0 Å². The predicted molar refractivity (Wildman–Crippen MR) is 73.9 cm³/mol. The van der Waals surface area contributed by atoms with Gasteiger partial charge in [0.2, 0.25) is 0 Å². The average molecular weight is 306 g/mol. The van der Waals surface area contributed by atoms with Gasteiger partial charge < -0.3 is 9.26 Å². The monoisotopic (exact) mass is 305 g/mol. The zero-order valence-electron chi connectivity index (χ0n) is 10.8. The summed E-state index contributed by atoms with van der Waals surface area (Å²) >= 11 is 5.68. The summed E-state index contributed by atoms with van der Waals surface area (Å²) in [7, 11) is 0. The Labute approximate surface area is 117 Å². The van der Waals surface area contributed by atoms with Gasteiger partial charge in [-0.3, -0.25) is 9.36 Å². The molecule has 0 bridgehead atoms. The molecule has 1 unspecified atom stereocenters. The summed E-state index contributed by atoms with van der Waals surface area (Å²) in [4.78, 5) is 11.3. The molecule has 0 saturated heterocycles. The second-order valence-corrected chi connectivity index (χ2v) is 6.98. The lowest BCUT2D eigenvalue weighted by Crippen LogP contribution is -2.24. The van der Waals surface area contributed by atoms with Crippen LogP contribution in [0.5, 0.6) is 0 Å². The van der Waals surface area contributed by atoms with E-state index in [-0.39, 0.29) is 19.3 Å². The lowest BCUT2D eigenvalue weighted by Gasteiger charge is -2.13. The van der Waals surface area contributed by atoms with Gasteiger partial charge in [-0.05, 0) is 30.7 Å². The highest BCUT2D eigenvalue weighted by molar-refractivity contribution is 7.83. The van der Waals surface area contributed by atoms with Gasteiger partial charge in [0.05, 0.1) is 12.7 Å². The first kappa shape index (κ1) is 16.2. The van der Waals surface area contributed by atoms with Crippen LogP contribution in [-0.4, -0.2) is 18.6 Å². The molecule has 1 aromatic carbocycles. The van der Waals surface area contributed by atoms with Crippen molar-refractivity contribution in [3.05, 3.63) is 35.9 Å². The Bertz CT molecular complexity index is 452. The van der Waals surface area contributed by atoms with E-state index >= 15 is 0 Å². The summed E-state index contributed by atoms with van der Waals surface area (Å²) in [5, 5.41) is 2.36. The SMILES string of the molecule is CC(C)OC(=O)CNP(=O)(Cl)OCc1ccccc1. The van der Waals surface area contributed by atoms with Gasteiger partial charge in [-0.25, -0.2) is 5.09 Å². The van der Waals surface area contributed by atoms with Crippen LogP contribution < -0.4 is 5.09 Å². The molecule has 5 nitrogen and oxygen atoms in total. The number of esters is 1. The van der Waals surface area contributed by atoms with Crippen LogP contribution in [0.25, 0.3) is 0 Å². The molecule has 0 aromatic heterocycles. The maximum Gasteiger partial charge on any atom is 0.361 e. The number of halogens is 1. The molecule has 0 spiro atoms. The van der Waals surface area contributed by atoms with E-state index in [1.165, 1.54) is 0 Å². The van der Waals surface area contributed by atoms with Crippen LogP contribution in [0, 0.1) is 0 Å². The minimum atomic E-state index is -3.53. The molecule has 0 radical (unpaired) electrons. The lowest BCUT2D eigenvalue weighted by molar-refractivity contribution is -0.145. The van der Waals surface area contributed by atoms with E-state index in [2.05, 4.69) is 5.09 Å². The third-order valence-electron chi connectivity index (χ3n) is 2.02. The highest BCUT2D eigenvalue weighted by atomic mass is 35.7. The van der Waals surface area contributed by atoms with E-state index in [9.17, 15) is 9.36 Å². The molecule has 1 aromatic rings. The Morgan fingerprint density at radius 2 is 2.00 bits per heavy atom. The van der Waals surface area contributed by atoms with Crippen molar-refractivity contribution in [2.45, 2.75) is 26.6 Å². The molecule has 0 heterocycles. The molecule has 0 saturated carbocycles. The molecule has 0 aliphatic heterocycles. The van der Waals surface area contributed by atoms with Gasteiger partial charge in [0.15, 0.2) is 0 Å². The molecular weight excluding hydrogens is 289 g/mol. The third-order valence-corrected chi connectivity index (χ3v) is 3.67. The summed E-state index contributed by atoms with van der Waals surface area (Å²) in [6.45, 7) is -0.233. The third kappa shape index (κ3) is 7.33. The number of ether oxygens (including phenoxy) is 1. The van der Waals surface area contributed by atoms with Gasteiger partial charge >= 0.3 is 12.8 Å². The summed E-state index contributed by atoms with van der Waals surface area (Å²) in [6.07, 6.45) is -0.228. The topological polar surface area (TPSA) is 64.6 Å². The molecule has 1 atom stereocenters. The van der Waals surface area contributed by atoms with Crippen molar-refractivity contribution in [2.75, 3.05) is 6.54 Å². The molecule has 0 aliphatic rings. The van der Waals surface area contributed by atoms with Crippen molar-refractivity contribution in [3.8, 4) is 0 Å². The van der Waals surface area contributed by atoms with Gasteiger partial charge in [0.1, 0.15) is 6.54 Å². The smallest absolute Gasteiger partial charge is 0.361 e. The van der Waals surface area contributed by atoms with E-state index in [1.807, 2.05) is 30.3 Å². The van der Waals surface area contributed by atoms with Crippen molar-refractivity contribution < 1.29 is 18.6 Å². The van der Waals surface area contributed by atoms with E-state index < -0.39 is 12.8 Å². The van der Waals surface area contributed by atoms with E-state index in [0.29, 0.717) is 0 Å². The van der Waals surface area contributed by atoms with Gasteiger partial charge in [-0.15, -0.1) is 0 Å². The molecule has 0 aliphatic carbocycles. The van der Waals surface area contributed by atoms with Crippen molar-refractivity contribution in [1.29, 1.82) is 0 Å². The maximum atomic E-state index is 11.8. The lowest BCUT2D eigenvalue weighted by atomic mass is 10.2. The minimum absolute atomic E-state index is 0.105. The quantitative estimate of drug-likeness (QED) is 0.619. The van der Waals surface area contributed by atoms with Crippen LogP contribution >= 0.6 is 18.1 Å². The number of rotatable bonds is 7. The largest absolute Gasteiger partial charge is 0.462 e. The molecule has 19 heavy (non-hydrogen) atoms. The average Bonchev–Trinajstić information content (AvgIpc) is 2.35. The number of hydrogen-bond donors (Lipinski definition) is 1. The van der Waals surface area contributed by atoms with Crippen LogP contribution in [0.1, 0.15) is 19.4 Å². The van der Waals surface area contributed by atoms with Gasteiger partial charge in [-0.1, -0.05) is 30.3 Å². The Morgan fingerprint density at radius 1 is 1.37 bits per heavy atom. The second-order valence-electron chi connectivity index (χ2n) is 4.11. The predicted octanol–water partition coefficient (Wildman–Crippen LogP) is 3.09. The number of benzene rings is 1. The van der Waals surface area contributed by atoms with Gasteiger partial charge in [-0.2, -0.15) is 0 Å². The first-order valence-corrected chi connectivity index (χ1v) is 8.35. The summed E-state index contributed by atoms with van der Waals surface area (Å²) < 4.78 is 21.7. The normalized spacial score (nSPS) is 14.1. The van der Waals surface area contributed by atoms with Crippen LogP contribution in [0.2, 0.25) is 0 Å². The van der Waals surface area contributed by atoms with Crippen LogP contribution in [0.15, 0.2) is 30.3 Å². The molecule has 106 valence electrons. The summed E-state index contributed by atoms with van der Waals surface area (Å²) in [5.41, 5.74) is 0.843. The van der Waals surface area contributed by atoms with E-state index in [0.717, 1.165) is 5.56 Å². The van der Waals surface area contributed by atoms with E-state index in [1.54, 1.807) is 13.8 Å². The standard InChI is InChI=1S/C12H17ClNO4P/c1-10(2)18-12(15)8-14-19(13,16)17-9-11-6-4-3-5-7-11/h3-7,10H,8-9H2,1-2H3,(H,14,16). The fourth-order valence-electron chi connectivity index (χ4n) is 1.24. The Kier molecular flexibility index (Phi) is 6.52. The molecule has 0 amide bonds. The van der Waals surface area contributed by atoms with Crippen LogP contribution in [0.3, 0.4) is 0 Å². The fourth-order valence-corrected chi connectivity index (χ4v) is 2.29. The molecule has 7 heteroatoms. The fraction of sp³-hybridized carbons (Fsp3) is 0.417. The van der Waals surface area contributed by atoms with Crippen molar-refractivity contribution in [3.63, 3.8) is 0 Å². The molecule has 1 N–H and O–H groups in total. The Morgan fingerprint density at radius 3 is 2.58 bits per heavy atom. The number of carbonyl (C=O) groups excluding carboxylic acids is 1. The Balaban J connectivity index is 2.36. The van der Waals surface area contributed by atoms with E-state index in [4.69, 9.17) is 20.5 Å². The highest BCUT2D eigenvalue weighted by Gasteiger charge is 2.21. The Hall–Kier alpha value is -0.870. The summed E-state index contributed by atoms with van der Waals surface area (Å²) in [6, 6.07) is 9.19. The highest BCUT2D eigenvalue weighted by Crippen LogP contribution is 2.48. The first-order valence-electron chi connectivity index (χ1n) is 5.82.